The molecular formula is C21H24N6O2. The lowest BCUT2D eigenvalue weighted by molar-refractivity contribution is 0.413. The fourth-order valence-corrected chi connectivity index (χ4v) is 3.40. The first-order valence-corrected chi connectivity index (χ1v) is 9.50. The minimum atomic E-state index is 0.461. The van der Waals surface area contributed by atoms with Crippen molar-refractivity contribution in [3.63, 3.8) is 0 Å². The van der Waals surface area contributed by atoms with Crippen molar-refractivity contribution in [1.82, 2.24) is 15.2 Å². The first-order chi connectivity index (χ1) is 14.3. The van der Waals surface area contributed by atoms with E-state index in [9.17, 15) is 0 Å². The Balaban J connectivity index is 1.43. The number of nitrogens with one attached hydrogen (secondary N) is 1. The van der Waals surface area contributed by atoms with Crippen molar-refractivity contribution in [1.29, 1.82) is 0 Å². The summed E-state index contributed by atoms with van der Waals surface area (Å²) in [6.45, 7) is 3.44. The number of nitrogens with zero attached hydrogens (tertiary/aromatic N) is 5. The molecule has 0 amide bonds. The summed E-state index contributed by atoms with van der Waals surface area (Å²) in [5.74, 6) is 2.94. The normalized spacial score (nSPS) is 13.9. The van der Waals surface area contributed by atoms with Gasteiger partial charge in [0, 0.05) is 37.9 Å². The fourth-order valence-electron chi connectivity index (χ4n) is 3.40. The van der Waals surface area contributed by atoms with Crippen LogP contribution < -0.4 is 24.6 Å². The molecule has 0 unspecified atom stereocenters. The van der Waals surface area contributed by atoms with E-state index in [0.717, 1.165) is 54.9 Å². The minimum Gasteiger partial charge on any atom is -0.497 e. The third kappa shape index (κ3) is 4.31. The lowest BCUT2D eigenvalue weighted by atomic mass is 10.2. The van der Waals surface area contributed by atoms with Crippen molar-refractivity contribution >= 4 is 23.1 Å². The summed E-state index contributed by atoms with van der Waals surface area (Å²) in [7, 11) is 3.35. The van der Waals surface area contributed by atoms with E-state index in [-0.39, 0.29) is 0 Å². The van der Waals surface area contributed by atoms with Gasteiger partial charge in [-0.15, -0.1) is 5.10 Å². The smallest absolute Gasteiger partial charge is 0.249 e. The van der Waals surface area contributed by atoms with Crippen LogP contribution in [0.15, 0.2) is 54.7 Å². The number of hydrogen-bond acceptors (Lipinski definition) is 8. The van der Waals surface area contributed by atoms with Gasteiger partial charge >= 0.3 is 0 Å². The summed E-state index contributed by atoms with van der Waals surface area (Å²) in [5.41, 5.74) is 1.97. The monoisotopic (exact) mass is 392 g/mol. The highest BCUT2D eigenvalue weighted by Gasteiger charge is 2.21. The second-order valence-corrected chi connectivity index (χ2v) is 6.64. The van der Waals surface area contributed by atoms with Crippen LogP contribution in [0, 0.1) is 0 Å². The van der Waals surface area contributed by atoms with E-state index < -0.39 is 0 Å². The van der Waals surface area contributed by atoms with Gasteiger partial charge in [-0.2, -0.15) is 10.1 Å². The Hall–Kier alpha value is -3.55. The van der Waals surface area contributed by atoms with Gasteiger partial charge in [0.25, 0.3) is 0 Å². The number of ether oxygens (including phenoxy) is 2. The van der Waals surface area contributed by atoms with E-state index in [1.165, 1.54) is 0 Å². The van der Waals surface area contributed by atoms with Crippen molar-refractivity contribution in [3.8, 4) is 11.5 Å². The molecule has 0 aliphatic carbocycles. The summed E-state index contributed by atoms with van der Waals surface area (Å²) >= 11 is 0. The molecule has 1 saturated heterocycles. The predicted molar refractivity (Wildman–Crippen MR) is 114 cm³/mol. The quantitative estimate of drug-likeness (QED) is 0.686. The lowest BCUT2D eigenvalue weighted by Gasteiger charge is -2.37. The zero-order valence-corrected chi connectivity index (χ0v) is 16.6. The third-order valence-electron chi connectivity index (χ3n) is 4.90. The minimum absolute atomic E-state index is 0.461. The van der Waals surface area contributed by atoms with E-state index in [2.05, 4.69) is 36.4 Å². The maximum Gasteiger partial charge on any atom is 0.249 e. The maximum atomic E-state index is 5.50. The van der Waals surface area contributed by atoms with Crippen molar-refractivity contribution in [2.24, 2.45) is 0 Å². The average Bonchev–Trinajstić information content (AvgIpc) is 2.79. The summed E-state index contributed by atoms with van der Waals surface area (Å²) in [5, 5.41) is 11.4. The lowest BCUT2D eigenvalue weighted by Crippen LogP contribution is -2.47. The summed E-state index contributed by atoms with van der Waals surface area (Å²) in [6, 6.07) is 15.7. The molecule has 1 fully saturated rings. The zero-order chi connectivity index (χ0) is 20.1. The van der Waals surface area contributed by atoms with Gasteiger partial charge in [-0.1, -0.05) is 18.2 Å². The molecule has 0 bridgehead atoms. The van der Waals surface area contributed by atoms with Crippen LogP contribution >= 0.6 is 0 Å². The topological polar surface area (TPSA) is 75.6 Å². The van der Waals surface area contributed by atoms with Gasteiger partial charge in [-0.3, -0.25) is 0 Å². The van der Waals surface area contributed by atoms with Crippen molar-refractivity contribution in [2.75, 3.05) is 55.5 Å². The number of piperazine rings is 1. The van der Waals surface area contributed by atoms with Crippen LogP contribution in [0.2, 0.25) is 0 Å². The Bertz CT molecular complexity index is 959. The van der Waals surface area contributed by atoms with Gasteiger partial charge in [0.1, 0.15) is 11.5 Å². The van der Waals surface area contributed by atoms with E-state index in [0.29, 0.717) is 5.95 Å². The van der Waals surface area contributed by atoms with Crippen LogP contribution in [-0.2, 0) is 0 Å². The van der Waals surface area contributed by atoms with Crippen LogP contribution in [0.1, 0.15) is 0 Å². The summed E-state index contributed by atoms with van der Waals surface area (Å²) < 4.78 is 10.8. The molecular weight excluding hydrogens is 368 g/mol. The van der Waals surface area contributed by atoms with Crippen molar-refractivity contribution in [2.45, 2.75) is 0 Å². The molecule has 8 nitrogen and oxygen atoms in total. The van der Waals surface area contributed by atoms with E-state index in [1.54, 1.807) is 20.4 Å². The van der Waals surface area contributed by atoms with Crippen molar-refractivity contribution in [3.05, 3.63) is 54.7 Å². The number of rotatable bonds is 6. The highest BCUT2D eigenvalue weighted by Crippen LogP contribution is 2.29. The van der Waals surface area contributed by atoms with E-state index >= 15 is 0 Å². The van der Waals surface area contributed by atoms with Gasteiger partial charge in [-0.25, -0.2) is 0 Å². The highest BCUT2D eigenvalue weighted by molar-refractivity contribution is 5.60. The van der Waals surface area contributed by atoms with Gasteiger partial charge in [0.05, 0.1) is 26.1 Å². The SMILES string of the molecule is COc1cccc(Nc2nncc(N3CCN(c4ccccc4OC)CC3)n2)c1. The highest BCUT2D eigenvalue weighted by atomic mass is 16.5. The number of benzene rings is 2. The second kappa shape index (κ2) is 8.64. The predicted octanol–water partition coefficient (Wildman–Crippen LogP) is 2.96. The van der Waals surface area contributed by atoms with Crippen LogP contribution in [0.4, 0.5) is 23.1 Å². The number of aromatic nitrogens is 3. The molecule has 1 N–H and O–H groups in total. The van der Waals surface area contributed by atoms with Crippen molar-refractivity contribution < 1.29 is 9.47 Å². The molecule has 29 heavy (non-hydrogen) atoms. The zero-order valence-electron chi connectivity index (χ0n) is 16.6. The fraction of sp³-hybridized carbons (Fsp3) is 0.286. The van der Waals surface area contributed by atoms with E-state index in [4.69, 9.17) is 9.47 Å². The molecule has 2 aromatic carbocycles. The number of para-hydroxylation sites is 2. The average molecular weight is 392 g/mol. The largest absolute Gasteiger partial charge is 0.497 e. The molecule has 0 radical (unpaired) electrons. The molecule has 150 valence electrons. The molecule has 1 aliphatic heterocycles. The molecule has 8 heteroatoms. The molecule has 0 spiro atoms. The van der Waals surface area contributed by atoms with Crippen LogP contribution in [-0.4, -0.2) is 55.6 Å². The third-order valence-corrected chi connectivity index (χ3v) is 4.90. The van der Waals surface area contributed by atoms with Gasteiger partial charge in [0.2, 0.25) is 5.95 Å². The molecule has 1 aliphatic rings. The second-order valence-electron chi connectivity index (χ2n) is 6.64. The number of hydrogen-bond donors (Lipinski definition) is 1. The van der Waals surface area contributed by atoms with Gasteiger partial charge in [0.15, 0.2) is 5.82 Å². The van der Waals surface area contributed by atoms with Crippen LogP contribution in [0.5, 0.6) is 11.5 Å². The Morgan fingerprint density at radius 2 is 1.69 bits per heavy atom. The summed E-state index contributed by atoms with van der Waals surface area (Å²) in [6.07, 6.45) is 1.70. The summed E-state index contributed by atoms with van der Waals surface area (Å²) in [4.78, 5) is 9.19. The molecule has 0 atom stereocenters. The Morgan fingerprint density at radius 3 is 2.48 bits per heavy atom. The van der Waals surface area contributed by atoms with Crippen LogP contribution in [0.3, 0.4) is 0 Å². The Labute approximate surface area is 170 Å². The van der Waals surface area contributed by atoms with Crippen LogP contribution in [0.25, 0.3) is 0 Å². The number of anilines is 4. The molecule has 4 rings (SSSR count). The first kappa shape index (κ1) is 18.8. The number of methoxy groups -OCH3 is 2. The molecule has 3 aromatic rings. The van der Waals surface area contributed by atoms with Gasteiger partial charge < -0.3 is 24.6 Å². The molecule has 2 heterocycles. The molecule has 0 saturated carbocycles. The van der Waals surface area contributed by atoms with Gasteiger partial charge in [-0.05, 0) is 24.3 Å². The Kier molecular flexibility index (Phi) is 5.60. The van der Waals surface area contributed by atoms with E-state index in [1.807, 2.05) is 42.5 Å². The Morgan fingerprint density at radius 1 is 0.897 bits per heavy atom. The standard InChI is InChI=1S/C21H24N6O2/c1-28-17-7-5-6-16(14-17)23-21-24-20(15-22-25-21)27-12-10-26(11-13-27)18-8-3-4-9-19(18)29-2/h3-9,14-15H,10-13H2,1-2H3,(H,23,24,25). The molecule has 1 aromatic heterocycles. The maximum absolute atomic E-state index is 5.50. The first-order valence-electron chi connectivity index (χ1n) is 9.50.